The lowest BCUT2D eigenvalue weighted by atomic mass is 10.0. The molecule has 3 rings (SSSR count). The van der Waals surface area contributed by atoms with Crippen molar-refractivity contribution in [3.05, 3.63) is 82.1 Å². The highest BCUT2D eigenvalue weighted by molar-refractivity contribution is 6.31. The molecule has 0 aliphatic rings. The second-order valence-corrected chi connectivity index (χ2v) is 6.24. The summed E-state index contributed by atoms with van der Waals surface area (Å²) < 4.78 is 1.74. The molecule has 1 heterocycles. The molecule has 0 aliphatic heterocycles. The van der Waals surface area contributed by atoms with Crippen molar-refractivity contribution in [3.8, 4) is 0 Å². The molecule has 1 aromatic heterocycles. The topological polar surface area (TPSA) is 64.0 Å². The highest BCUT2D eigenvalue weighted by atomic mass is 35.5. The first kappa shape index (κ1) is 17.9. The van der Waals surface area contributed by atoms with Gasteiger partial charge in [-0.25, -0.2) is 0 Å². The van der Waals surface area contributed by atoms with E-state index in [2.05, 4.69) is 10.4 Å². The third-order valence-corrected chi connectivity index (χ3v) is 4.39. The first-order chi connectivity index (χ1) is 12.5. The number of carbonyl (C=O) groups excluding carboxylic acids is 2. The molecular weight excluding hydrogens is 350 g/mol. The number of benzene rings is 2. The number of rotatable bonds is 5. The highest BCUT2D eigenvalue weighted by Crippen LogP contribution is 2.24. The van der Waals surface area contributed by atoms with Crippen molar-refractivity contribution >= 4 is 29.0 Å². The quantitative estimate of drug-likeness (QED) is 0.682. The molecule has 3 aromatic rings. The normalized spacial score (nSPS) is 10.6. The Bertz CT molecular complexity index is 964. The predicted octanol–water partition coefficient (Wildman–Crippen LogP) is 4.35. The van der Waals surface area contributed by atoms with Crippen LogP contribution in [0, 0.1) is 6.92 Å². The number of amides is 1. The summed E-state index contributed by atoms with van der Waals surface area (Å²) in [6.45, 7) is 4.47. The fourth-order valence-electron chi connectivity index (χ4n) is 2.74. The lowest BCUT2D eigenvalue weighted by molar-refractivity contribution is 0.102. The number of aryl methyl sites for hydroxylation is 1. The number of halogens is 1. The minimum absolute atomic E-state index is 0.204. The van der Waals surface area contributed by atoms with E-state index in [0.717, 1.165) is 5.69 Å². The smallest absolute Gasteiger partial charge is 0.259 e. The molecule has 1 N–H and O–H groups in total. The second-order valence-electron chi connectivity index (χ2n) is 5.80. The highest BCUT2D eigenvalue weighted by Gasteiger charge is 2.19. The Hall–Kier alpha value is -2.92. The predicted molar refractivity (Wildman–Crippen MR) is 102 cm³/mol. The molecule has 5 nitrogen and oxygen atoms in total. The van der Waals surface area contributed by atoms with Gasteiger partial charge in [0.2, 0.25) is 0 Å². The Balaban J connectivity index is 1.94. The van der Waals surface area contributed by atoms with Gasteiger partial charge >= 0.3 is 0 Å². The molecule has 0 spiro atoms. The van der Waals surface area contributed by atoms with Crippen molar-refractivity contribution in [2.24, 2.45) is 0 Å². The fourth-order valence-corrected chi connectivity index (χ4v) is 2.91. The van der Waals surface area contributed by atoms with Crippen molar-refractivity contribution in [2.75, 3.05) is 5.32 Å². The maximum absolute atomic E-state index is 12.8. The molecule has 0 saturated carbocycles. The summed E-state index contributed by atoms with van der Waals surface area (Å²) in [5.41, 5.74) is 2.53. The number of anilines is 1. The Morgan fingerprint density at radius 2 is 1.85 bits per heavy atom. The van der Waals surface area contributed by atoms with Crippen LogP contribution in [-0.4, -0.2) is 21.5 Å². The Morgan fingerprint density at radius 1 is 1.12 bits per heavy atom. The Morgan fingerprint density at radius 3 is 2.50 bits per heavy atom. The number of ketones is 1. The van der Waals surface area contributed by atoms with Crippen LogP contribution in [0.3, 0.4) is 0 Å². The standard InChI is InChI=1S/C20H18ClN3O2/c1-3-24-13(2)17(12-22-24)20(26)23-18-10-9-15(21)11-16(18)19(25)14-7-5-4-6-8-14/h4-12H,3H2,1-2H3,(H,23,26). The average molecular weight is 368 g/mol. The fraction of sp³-hybridized carbons (Fsp3) is 0.150. The molecule has 0 unspecified atom stereocenters. The van der Waals surface area contributed by atoms with Gasteiger partial charge < -0.3 is 5.32 Å². The summed E-state index contributed by atoms with van der Waals surface area (Å²) in [6.07, 6.45) is 1.53. The zero-order chi connectivity index (χ0) is 18.7. The van der Waals surface area contributed by atoms with Crippen LogP contribution in [0.5, 0.6) is 0 Å². The van der Waals surface area contributed by atoms with Crippen molar-refractivity contribution in [3.63, 3.8) is 0 Å². The van der Waals surface area contributed by atoms with Crippen LogP contribution in [0.15, 0.2) is 54.7 Å². The van der Waals surface area contributed by atoms with E-state index in [1.54, 1.807) is 47.1 Å². The van der Waals surface area contributed by atoms with E-state index in [9.17, 15) is 9.59 Å². The van der Waals surface area contributed by atoms with Crippen LogP contribution in [0.2, 0.25) is 5.02 Å². The lowest BCUT2D eigenvalue weighted by Gasteiger charge is -2.11. The van der Waals surface area contributed by atoms with Gasteiger partial charge in [-0.1, -0.05) is 41.9 Å². The lowest BCUT2D eigenvalue weighted by Crippen LogP contribution is -2.16. The largest absolute Gasteiger partial charge is 0.321 e. The molecule has 0 radical (unpaired) electrons. The van der Waals surface area contributed by atoms with Gasteiger partial charge in [0.05, 0.1) is 17.4 Å². The number of aromatic nitrogens is 2. The van der Waals surface area contributed by atoms with Gasteiger partial charge in [-0.3, -0.25) is 14.3 Å². The summed E-state index contributed by atoms with van der Waals surface area (Å²) in [6, 6.07) is 13.7. The average Bonchev–Trinajstić information content (AvgIpc) is 3.04. The van der Waals surface area contributed by atoms with Gasteiger partial charge in [-0.05, 0) is 32.0 Å². The van der Waals surface area contributed by atoms with Gasteiger partial charge in [0.1, 0.15) is 0 Å². The zero-order valence-corrected chi connectivity index (χ0v) is 15.2. The maximum atomic E-state index is 12.8. The van der Waals surface area contributed by atoms with E-state index >= 15 is 0 Å². The van der Waals surface area contributed by atoms with Crippen LogP contribution in [-0.2, 0) is 6.54 Å². The first-order valence-electron chi connectivity index (χ1n) is 8.24. The molecule has 2 aromatic carbocycles. The van der Waals surface area contributed by atoms with E-state index in [-0.39, 0.29) is 11.7 Å². The van der Waals surface area contributed by atoms with Crippen molar-refractivity contribution < 1.29 is 9.59 Å². The number of hydrogen-bond donors (Lipinski definition) is 1. The van der Waals surface area contributed by atoms with Crippen LogP contribution >= 0.6 is 11.6 Å². The van der Waals surface area contributed by atoms with Gasteiger partial charge in [-0.2, -0.15) is 5.10 Å². The molecule has 0 bridgehead atoms. The van der Waals surface area contributed by atoms with Crippen LogP contribution in [0.1, 0.15) is 38.9 Å². The molecule has 0 fully saturated rings. The van der Waals surface area contributed by atoms with Crippen LogP contribution in [0.25, 0.3) is 0 Å². The molecular formula is C20H18ClN3O2. The van der Waals surface area contributed by atoms with E-state index in [4.69, 9.17) is 11.6 Å². The van der Waals surface area contributed by atoms with E-state index < -0.39 is 0 Å². The third-order valence-electron chi connectivity index (χ3n) is 4.16. The summed E-state index contributed by atoms with van der Waals surface area (Å²) in [7, 11) is 0. The van der Waals surface area contributed by atoms with Crippen LogP contribution in [0.4, 0.5) is 5.69 Å². The maximum Gasteiger partial charge on any atom is 0.259 e. The Kier molecular flexibility index (Phi) is 5.19. The summed E-state index contributed by atoms with van der Waals surface area (Å²) in [5, 5.41) is 7.42. The minimum atomic E-state index is -0.313. The van der Waals surface area contributed by atoms with Gasteiger partial charge in [0, 0.05) is 28.4 Å². The third kappa shape index (κ3) is 3.53. The molecule has 6 heteroatoms. The number of hydrogen-bond acceptors (Lipinski definition) is 3. The number of nitrogens with one attached hydrogen (secondary N) is 1. The monoisotopic (exact) mass is 367 g/mol. The van der Waals surface area contributed by atoms with E-state index in [0.29, 0.717) is 33.9 Å². The first-order valence-corrected chi connectivity index (χ1v) is 8.62. The molecule has 26 heavy (non-hydrogen) atoms. The SMILES string of the molecule is CCn1ncc(C(=O)Nc2ccc(Cl)cc2C(=O)c2ccccc2)c1C. The van der Waals surface area contributed by atoms with Crippen molar-refractivity contribution in [1.82, 2.24) is 9.78 Å². The second kappa shape index (κ2) is 7.54. The minimum Gasteiger partial charge on any atom is -0.321 e. The zero-order valence-electron chi connectivity index (χ0n) is 14.5. The van der Waals surface area contributed by atoms with Crippen molar-refractivity contribution in [2.45, 2.75) is 20.4 Å². The summed E-state index contributed by atoms with van der Waals surface area (Å²) >= 11 is 6.07. The molecule has 0 atom stereocenters. The molecule has 132 valence electrons. The van der Waals surface area contributed by atoms with Crippen LogP contribution < -0.4 is 5.32 Å². The number of carbonyl (C=O) groups is 2. The van der Waals surface area contributed by atoms with Gasteiger partial charge in [0.25, 0.3) is 5.91 Å². The summed E-state index contributed by atoms with van der Waals surface area (Å²) in [5.74, 6) is -0.518. The molecule has 1 amide bonds. The van der Waals surface area contributed by atoms with Crippen molar-refractivity contribution in [1.29, 1.82) is 0 Å². The summed E-state index contributed by atoms with van der Waals surface area (Å²) in [4.78, 5) is 25.5. The Labute approximate surface area is 156 Å². The van der Waals surface area contributed by atoms with Gasteiger partial charge in [-0.15, -0.1) is 0 Å². The van der Waals surface area contributed by atoms with Gasteiger partial charge in [0.15, 0.2) is 5.78 Å². The number of nitrogens with zero attached hydrogens (tertiary/aromatic N) is 2. The molecule has 0 aliphatic carbocycles. The molecule has 0 saturated heterocycles. The van der Waals surface area contributed by atoms with E-state index in [1.165, 1.54) is 6.20 Å². The van der Waals surface area contributed by atoms with E-state index in [1.807, 2.05) is 19.9 Å².